The van der Waals surface area contributed by atoms with Gasteiger partial charge in [-0.3, -0.25) is 14.4 Å². The summed E-state index contributed by atoms with van der Waals surface area (Å²) in [7, 11) is 0. The fourth-order valence-electron chi connectivity index (χ4n) is 1.72. The predicted molar refractivity (Wildman–Crippen MR) is 84.1 cm³/mol. The fourth-order valence-corrected chi connectivity index (χ4v) is 1.72. The van der Waals surface area contributed by atoms with Crippen molar-refractivity contribution in [1.82, 2.24) is 5.32 Å². The average Bonchev–Trinajstić information content (AvgIpc) is 2.45. The van der Waals surface area contributed by atoms with Crippen LogP contribution in [0.25, 0.3) is 0 Å². The van der Waals surface area contributed by atoms with E-state index in [1.807, 2.05) is 13.8 Å². The molecule has 1 unspecified atom stereocenters. The number of nitrogens with one attached hydrogen (secondary N) is 2. The largest absolute Gasteiger partial charge is 0.482 e. The van der Waals surface area contributed by atoms with Gasteiger partial charge in [-0.25, -0.2) is 0 Å². The topological polar surface area (TPSA) is 84.5 Å². The number of hydrogen-bond acceptors (Lipinski definition) is 4. The molecule has 0 saturated heterocycles. The van der Waals surface area contributed by atoms with Crippen molar-refractivity contribution in [3.63, 3.8) is 0 Å². The lowest BCUT2D eigenvalue weighted by molar-refractivity contribution is -0.123. The smallest absolute Gasteiger partial charge is 0.258 e. The maximum absolute atomic E-state index is 11.7. The predicted octanol–water partition coefficient (Wildman–Crippen LogP) is 2.14. The van der Waals surface area contributed by atoms with Gasteiger partial charge in [-0.1, -0.05) is 6.92 Å². The minimum atomic E-state index is -0.260. The molecule has 0 aromatic heterocycles. The quantitative estimate of drug-likeness (QED) is 0.756. The van der Waals surface area contributed by atoms with Crippen LogP contribution in [-0.4, -0.2) is 30.2 Å². The number of rotatable bonds is 7. The van der Waals surface area contributed by atoms with Crippen LogP contribution in [0.3, 0.4) is 0 Å². The van der Waals surface area contributed by atoms with E-state index >= 15 is 0 Å². The summed E-state index contributed by atoms with van der Waals surface area (Å²) in [6, 6.07) is 4.76. The standard InChI is InChI=1S/C16H22N2O4/c1-5-10(2)17-16(21)9-22-15-8-13(11(3)19)6-7-14(15)18-12(4)20/h6-8,10H,5,9H2,1-4H3,(H,17,21)(H,18,20). The third-order valence-electron chi connectivity index (χ3n) is 3.08. The Kier molecular flexibility index (Phi) is 6.56. The summed E-state index contributed by atoms with van der Waals surface area (Å²) in [4.78, 5) is 34.4. The van der Waals surface area contributed by atoms with Crippen LogP contribution < -0.4 is 15.4 Å². The first-order valence-electron chi connectivity index (χ1n) is 7.18. The highest BCUT2D eigenvalue weighted by Gasteiger charge is 2.12. The van der Waals surface area contributed by atoms with Crippen molar-refractivity contribution in [1.29, 1.82) is 0 Å². The second kappa shape index (κ2) is 8.17. The van der Waals surface area contributed by atoms with E-state index in [0.717, 1.165) is 6.42 Å². The molecule has 2 amide bonds. The number of ketones is 1. The molecular formula is C16H22N2O4. The first-order chi connectivity index (χ1) is 10.3. The van der Waals surface area contributed by atoms with Gasteiger partial charge < -0.3 is 15.4 Å². The van der Waals surface area contributed by atoms with Crippen LogP contribution in [0.5, 0.6) is 5.75 Å². The summed E-state index contributed by atoms with van der Waals surface area (Å²) in [5.74, 6) is -0.341. The maximum atomic E-state index is 11.7. The minimum Gasteiger partial charge on any atom is -0.482 e. The number of anilines is 1. The van der Waals surface area contributed by atoms with E-state index in [4.69, 9.17) is 4.74 Å². The van der Waals surface area contributed by atoms with E-state index in [9.17, 15) is 14.4 Å². The number of ether oxygens (including phenoxy) is 1. The third-order valence-corrected chi connectivity index (χ3v) is 3.08. The first kappa shape index (κ1) is 17.7. The molecule has 0 bridgehead atoms. The number of Topliss-reactive ketones (excluding diaryl/α,β-unsaturated/α-hetero) is 1. The molecule has 2 N–H and O–H groups in total. The van der Waals surface area contributed by atoms with Gasteiger partial charge in [0.25, 0.3) is 5.91 Å². The van der Waals surface area contributed by atoms with Crippen molar-refractivity contribution in [2.45, 2.75) is 40.2 Å². The maximum Gasteiger partial charge on any atom is 0.258 e. The summed E-state index contributed by atoms with van der Waals surface area (Å²) < 4.78 is 5.46. The van der Waals surface area contributed by atoms with Crippen LogP contribution in [0.15, 0.2) is 18.2 Å². The molecular weight excluding hydrogens is 284 g/mol. The van der Waals surface area contributed by atoms with Crippen LogP contribution in [0.4, 0.5) is 5.69 Å². The molecule has 0 aliphatic heterocycles. The molecule has 1 aromatic rings. The van der Waals surface area contributed by atoms with E-state index in [1.54, 1.807) is 12.1 Å². The van der Waals surface area contributed by atoms with Crippen molar-refractivity contribution in [3.05, 3.63) is 23.8 Å². The van der Waals surface area contributed by atoms with Crippen LogP contribution >= 0.6 is 0 Å². The zero-order valence-electron chi connectivity index (χ0n) is 13.4. The van der Waals surface area contributed by atoms with Crippen molar-refractivity contribution in [2.24, 2.45) is 0 Å². The number of carbonyl (C=O) groups is 3. The van der Waals surface area contributed by atoms with Gasteiger partial charge >= 0.3 is 0 Å². The van der Waals surface area contributed by atoms with Gasteiger partial charge in [-0.2, -0.15) is 0 Å². The molecule has 6 heteroatoms. The van der Waals surface area contributed by atoms with Gasteiger partial charge in [0.1, 0.15) is 5.75 Å². The number of amides is 2. The molecule has 0 aliphatic carbocycles. The van der Waals surface area contributed by atoms with E-state index in [2.05, 4.69) is 10.6 Å². The molecule has 0 spiro atoms. The SMILES string of the molecule is CCC(C)NC(=O)COc1cc(C(C)=O)ccc1NC(C)=O. The van der Waals surface area contributed by atoms with Gasteiger partial charge in [0.2, 0.25) is 5.91 Å². The Morgan fingerprint density at radius 2 is 1.91 bits per heavy atom. The van der Waals surface area contributed by atoms with Crippen LogP contribution in [-0.2, 0) is 9.59 Å². The van der Waals surface area contributed by atoms with E-state index in [0.29, 0.717) is 17.0 Å². The highest BCUT2D eigenvalue weighted by Crippen LogP contribution is 2.26. The lowest BCUT2D eigenvalue weighted by Crippen LogP contribution is -2.35. The molecule has 0 heterocycles. The molecule has 0 radical (unpaired) electrons. The molecule has 0 saturated carbocycles. The van der Waals surface area contributed by atoms with Crippen molar-refractivity contribution in [3.8, 4) is 5.75 Å². The second-order valence-corrected chi connectivity index (χ2v) is 5.11. The van der Waals surface area contributed by atoms with Gasteiger partial charge in [0.05, 0.1) is 5.69 Å². The molecule has 0 aliphatic rings. The number of hydrogen-bond donors (Lipinski definition) is 2. The second-order valence-electron chi connectivity index (χ2n) is 5.11. The zero-order chi connectivity index (χ0) is 16.7. The highest BCUT2D eigenvalue weighted by atomic mass is 16.5. The molecule has 120 valence electrons. The first-order valence-corrected chi connectivity index (χ1v) is 7.18. The Bertz CT molecular complexity index is 569. The van der Waals surface area contributed by atoms with Gasteiger partial charge in [0.15, 0.2) is 12.4 Å². The zero-order valence-corrected chi connectivity index (χ0v) is 13.4. The van der Waals surface area contributed by atoms with Crippen LogP contribution in [0, 0.1) is 0 Å². The number of carbonyl (C=O) groups excluding carboxylic acids is 3. The molecule has 1 rings (SSSR count). The van der Waals surface area contributed by atoms with Crippen LogP contribution in [0.2, 0.25) is 0 Å². The Hall–Kier alpha value is -2.37. The van der Waals surface area contributed by atoms with E-state index < -0.39 is 0 Å². The van der Waals surface area contributed by atoms with E-state index in [-0.39, 0.29) is 30.2 Å². The lowest BCUT2D eigenvalue weighted by atomic mass is 10.1. The average molecular weight is 306 g/mol. The summed E-state index contributed by atoms with van der Waals surface area (Å²) in [6.07, 6.45) is 0.822. The van der Waals surface area contributed by atoms with Gasteiger partial charge in [-0.15, -0.1) is 0 Å². The Labute approximate surface area is 130 Å². The Morgan fingerprint density at radius 1 is 1.23 bits per heavy atom. The summed E-state index contributed by atoms with van der Waals surface area (Å²) in [5.41, 5.74) is 0.875. The number of benzene rings is 1. The van der Waals surface area contributed by atoms with Crippen molar-refractivity contribution in [2.75, 3.05) is 11.9 Å². The molecule has 1 aromatic carbocycles. The van der Waals surface area contributed by atoms with Crippen molar-refractivity contribution >= 4 is 23.3 Å². The molecule has 22 heavy (non-hydrogen) atoms. The van der Waals surface area contributed by atoms with Gasteiger partial charge in [0, 0.05) is 18.5 Å². The molecule has 0 fully saturated rings. The highest BCUT2D eigenvalue weighted by molar-refractivity contribution is 5.96. The Morgan fingerprint density at radius 3 is 2.45 bits per heavy atom. The van der Waals surface area contributed by atoms with E-state index in [1.165, 1.54) is 19.9 Å². The molecule has 6 nitrogen and oxygen atoms in total. The lowest BCUT2D eigenvalue weighted by Gasteiger charge is -2.15. The normalized spacial score (nSPS) is 11.5. The summed E-state index contributed by atoms with van der Waals surface area (Å²) in [6.45, 7) is 6.50. The van der Waals surface area contributed by atoms with Crippen LogP contribution in [0.1, 0.15) is 44.5 Å². The third kappa shape index (κ3) is 5.55. The summed E-state index contributed by atoms with van der Waals surface area (Å²) >= 11 is 0. The fraction of sp³-hybridized carbons (Fsp3) is 0.438. The minimum absolute atomic E-state index is 0.0643. The van der Waals surface area contributed by atoms with Gasteiger partial charge in [-0.05, 0) is 38.5 Å². The summed E-state index contributed by atoms with van der Waals surface area (Å²) in [5, 5.41) is 5.39. The van der Waals surface area contributed by atoms with Crippen molar-refractivity contribution < 1.29 is 19.1 Å². The Balaban J connectivity index is 2.85. The molecule has 1 atom stereocenters. The monoisotopic (exact) mass is 306 g/mol.